The summed E-state index contributed by atoms with van der Waals surface area (Å²) < 4.78 is 1.94. The second kappa shape index (κ2) is 4.31. The maximum absolute atomic E-state index is 6.01. The Balaban J connectivity index is 2.11. The fraction of sp³-hybridized carbons (Fsp3) is 0.0769. The Labute approximate surface area is 109 Å². The Morgan fingerprint density at radius 2 is 1.94 bits per heavy atom. The first-order chi connectivity index (χ1) is 8.74. The maximum Gasteiger partial charge on any atom is 0.201 e. The number of nitrogens with zero attached hydrogens (tertiary/aromatic N) is 3. The summed E-state index contributed by atoms with van der Waals surface area (Å²) in [7, 11) is 0. The van der Waals surface area contributed by atoms with Crippen LogP contribution in [0, 0.1) is 0 Å². The molecule has 0 fully saturated rings. The van der Waals surface area contributed by atoms with Crippen LogP contribution in [0.15, 0.2) is 42.7 Å². The van der Waals surface area contributed by atoms with Gasteiger partial charge in [-0.15, -0.1) is 0 Å². The Bertz CT molecular complexity index is 691. The number of hydrogen-bond donors (Lipinski definition) is 1. The lowest BCUT2D eigenvalue weighted by Crippen LogP contribution is -2.04. The summed E-state index contributed by atoms with van der Waals surface area (Å²) in [6.45, 7) is 0.658. The first kappa shape index (κ1) is 11.0. The Hall–Kier alpha value is -2.07. The van der Waals surface area contributed by atoms with Crippen molar-refractivity contribution in [3.05, 3.63) is 53.3 Å². The number of nitrogens with two attached hydrogens (primary N) is 1. The third-order valence-electron chi connectivity index (χ3n) is 2.83. The number of hydrogen-bond acceptors (Lipinski definition) is 3. The van der Waals surface area contributed by atoms with Gasteiger partial charge in [0.2, 0.25) is 5.95 Å². The van der Waals surface area contributed by atoms with E-state index in [1.54, 1.807) is 12.4 Å². The highest BCUT2D eigenvalue weighted by Gasteiger charge is 2.08. The molecule has 3 aromatic rings. The zero-order valence-electron chi connectivity index (χ0n) is 9.55. The Morgan fingerprint density at radius 1 is 1.17 bits per heavy atom. The lowest BCUT2D eigenvalue weighted by Gasteiger charge is -2.06. The second-order valence-electron chi connectivity index (χ2n) is 4.04. The van der Waals surface area contributed by atoms with E-state index in [0.29, 0.717) is 17.5 Å². The van der Waals surface area contributed by atoms with Crippen LogP contribution >= 0.6 is 11.6 Å². The SMILES string of the molecule is Nc1nc2ccc(Cl)cc2n1Cc1ccncc1. The van der Waals surface area contributed by atoms with Crippen LogP contribution in [0.5, 0.6) is 0 Å². The van der Waals surface area contributed by atoms with Crippen molar-refractivity contribution in [2.45, 2.75) is 6.54 Å². The molecular weight excluding hydrogens is 248 g/mol. The average Bonchev–Trinajstić information content (AvgIpc) is 2.67. The van der Waals surface area contributed by atoms with Gasteiger partial charge in [0, 0.05) is 17.4 Å². The normalized spacial score (nSPS) is 10.9. The van der Waals surface area contributed by atoms with Crippen molar-refractivity contribution >= 4 is 28.6 Å². The lowest BCUT2D eigenvalue weighted by molar-refractivity contribution is 0.836. The van der Waals surface area contributed by atoms with Crippen LogP contribution in [0.3, 0.4) is 0 Å². The molecule has 0 bridgehead atoms. The molecule has 0 saturated carbocycles. The molecule has 2 heterocycles. The van der Waals surface area contributed by atoms with E-state index in [1.807, 2.05) is 34.9 Å². The topological polar surface area (TPSA) is 56.7 Å². The molecular formula is C13H11ClN4. The number of fused-ring (bicyclic) bond motifs is 1. The highest BCUT2D eigenvalue weighted by molar-refractivity contribution is 6.31. The highest BCUT2D eigenvalue weighted by atomic mass is 35.5. The molecule has 4 nitrogen and oxygen atoms in total. The van der Waals surface area contributed by atoms with Crippen LogP contribution in [-0.2, 0) is 6.54 Å². The molecule has 0 atom stereocenters. The van der Waals surface area contributed by atoms with E-state index in [2.05, 4.69) is 9.97 Å². The van der Waals surface area contributed by atoms with Gasteiger partial charge in [-0.2, -0.15) is 0 Å². The van der Waals surface area contributed by atoms with E-state index in [4.69, 9.17) is 17.3 Å². The molecule has 0 saturated heterocycles. The third kappa shape index (κ3) is 1.91. The average molecular weight is 259 g/mol. The number of imidazole rings is 1. The summed E-state index contributed by atoms with van der Waals surface area (Å²) in [5.74, 6) is 0.490. The fourth-order valence-electron chi connectivity index (χ4n) is 1.95. The van der Waals surface area contributed by atoms with Crippen LogP contribution in [0.1, 0.15) is 5.56 Å². The lowest BCUT2D eigenvalue weighted by atomic mass is 10.2. The molecule has 0 spiro atoms. The molecule has 90 valence electrons. The van der Waals surface area contributed by atoms with Crippen molar-refractivity contribution in [1.82, 2.24) is 14.5 Å². The summed E-state index contributed by atoms with van der Waals surface area (Å²) in [5.41, 5.74) is 8.86. The van der Waals surface area contributed by atoms with Gasteiger partial charge in [-0.05, 0) is 35.9 Å². The molecule has 0 aliphatic heterocycles. The van der Waals surface area contributed by atoms with Crippen molar-refractivity contribution < 1.29 is 0 Å². The minimum absolute atomic E-state index is 0.490. The van der Waals surface area contributed by atoms with E-state index in [1.165, 1.54) is 0 Å². The number of pyridine rings is 1. The predicted octanol–water partition coefficient (Wildman–Crippen LogP) is 2.72. The van der Waals surface area contributed by atoms with Crippen molar-refractivity contribution in [3.63, 3.8) is 0 Å². The Kier molecular flexibility index (Phi) is 2.64. The molecule has 1 aromatic carbocycles. The van der Waals surface area contributed by atoms with Gasteiger partial charge < -0.3 is 10.3 Å². The predicted molar refractivity (Wildman–Crippen MR) is 72.5 cm³/mol. The molecule has 2 N–H and O–H groups in total. The summed E-state index contributed by atoms with van der Waals surface area (Å²) >= 11 is 6.01. The standard InChI is InChI=1S/C13H11ClN4/c14-10-1-2-11-12(7-10)18(13(15)17-11)8-9-3-5-16-6-4-9/h1-7H,8H2,(H2,15,17). The minimum Gasteiger partial charge on any atom is -0.369 e. The number of aromatic nitrogens is 3. The largest absolute Gasteiger partial charge is 0.369 e. The fourth-order valence-corrected chi connectivity index (χ4v) is 2.12. The van der Waals surface area contributed by atoms with Crippen molar-refractivity contribution in [2.24, 2.45) is 0 Å². The van der Waals surface area contributed by atoms with E-state index < -0.39 is 0 Å². The van der Waals surface area contributed by atoms with Gasteiger partial charge in [-0.1, -0.05) is 11.6 Å². The quantitative estimate of drug-likeness (QED) is 0.769. The summed E-state index contributed by atoms with van der Waals surface area (Å²) in [6, 6.07) is 9.47. The van der Waals surface area contributed by atoms with Crippen LogP contribution in [0.4, 0.5) is 5.95 Å². The van der Waals surface area contributed by atoms with Gasteiger partial charge in [0.05, 0.1) is 17.6 Å². The molecule has 0 amide bonds. The maximum atomic E-state index is 6.01. The molecule has 0 radical (unpaired) electrons. The number of rotatable bonds is 2. The minimum atomic E-state index is 0.490. The zero-order chi connectivity index (χ0) is 12.5. The van der Waals surface area contributed by atoms with Gasteiger partial charge >= 0.3 is 0 Å². The third-order valence-corrected chi connectivity index (χ3v) is 3.06. The Morgan fingerprint density at radius 3 is 2.72 bits per heavy atom. The number of halogens is 1. The van der Waals surface area contributed by atoms with E-state index in [-0.39, 0.29) is 0 Å². The first-order valence-corrected chi connectivity index (χ1v) is 5.92. The van der Waals surface area contributed by atoms with Crippen LogP contribution in [0.2, 0.25) is 5.02 Å². The van der Waals surface area contributed by atoms with Gasteiger partial charge in [0.15, 0.2) is 0 Å². The summed E-state index contributed by atoms with van der Waals surface area (Å²) in [4.78, 5) is 8.31. The molecule has 2 aromatic heterocycles. The first-order valence-electron chi connectivity index (χ1n) is 5.54. The van der Waals surface area contributed by atoms with Crippen LogP contribution in [0.25, 0.3) is 11.0 Å². The van der Waals surface area contributed by atoms with E-state index in [0.717, 1.165) is 16.6 Å². The molecule has 18 heavy (non-hydrogen) atoms. The smallest absolute Gasteiger partial charge is 0.201 e. The molecule has 0 aliphatic rings. The number of nitrogen functional groups attached to an aromatic ring is 1. The zero-order valence-corrected chi connectivity index (χ0v) is 10.3. The van der Waals surface area contributed by atoms with Crippen LogP contribution < -0.4 is 5.73 Å². The molecule has 0 aliphatic carbocycles. The number of benzene rings is 1. The molecule has 3 rings (SSSR count). The second-order valence-corrected chi connectivity index (χ2v) is 4.48. The monoisotopic (exact) mass is 258 g/mol. The van der Waals surface area contributed by atoms with Crippen LogP contribution in [-0.4, -0.2) is 14.5 Å². The summed E-state index contributed by atoms with van der Waals surface area (Å²) in [5, 5.41) is 0.679. The van der Waals surface area contributed by atoms with E-state index >= 15 is 0 Å². The van der Waals surface area contributed by atoms with Crippen molar-refractivity contribution in [3.8, 4) is 0 Å². The van der Waals surface area contributed by atoms with Gasteiger partial charge in [0.25, 0.3) is 0 Å². The van der Waals surface area contributed by atoms with Gasteiger partial charge in [0.1, 0.15) is 0 Å². The molecule has 5 heteroatoms. The summed E-state index contributed by atoms with van der Waals surface area (Å²) in [6.07, 6.45) is 3.52. The van der Waals surface area contributed by atoms with E-state index in [9.17, 15) is 0 Å². The van der Waals surface area contributed by atoms with Gasteiger partial charge in [-0.25, -0.2) is 4.98 Å². The van der Waals surface area contributed by atoms with Crippen molar-refractivity contribution in [2.75, 3.05) is 5.73 Å². The highest BCUT2D eigenvalue weighted by Crippen LogP contribution is 2.22. The van der Waals surface area contributed by atoms with Gasteiger partial charge in [-0.3, -0.25) is 4.98 Å². The number of anilines is 1. The molecule has 0 unspecified atom stereocenters. The van der Waals surface area contributed by atoms with Crippen molar-refractivity contribution in [1.29, 1.82) is 0 Å².